The molecule has 1 atom stereocenters. The summed E-state index contributed by atoms with van der Waals surface area (Å²) in [5.74, 6) is 2.37. The average molecular weight is 180 g/mol. The second-order valence-corrected chi connectivity index (χ2v) is 3.85. The smallest absolute Gasteiger partial charge is 0.167 e. The van der Waals surface area contributed by atoms with E-state index < -0.39 is 0 Å². The summed E-state index contributed by atoms with van der Waals surface area (Å²) >= 11 is 0. The quantitative estimate of drug-likeness (QED) is 0.724. The van der Waals surface area contributed by atoms with Gasteiger partial charge < -0.3 is 5.73 Å². The number of nitrogens with one attached hydrogen (secondary N) is 1. The molecule has 1 saturated carbocycles. The number of hydrogen-bond donors (Lipinski definition) is 2. The van der Waals surface area contributed by atoms with Gasteiger partial charge in [0.05, 0.1) is 6.04 Å². The molecule has 1 aromatic rings. The molecule has 1 aliphatic carbocycles. The number of H-pyrrole nitrogens is 1. The van der Waals surface area contributed by atoms with Gasteiger partial charge in [0.1, 0.15) is 5.82 Å². The monoisotopic (exact) mass is 180 g/mol. The molecule has 13 heavy (non-hydrogen) atoms. The zero-order valence-electron chi connectivity index (χ0n) is 7.95. The Balaban J connectivity index is 2.12. The molecule has 1 aromatic heterocycles. The zero-order chi connectivity index (χ0) is 9.26. The fourth-order valence-electron chi connectivity index (χ4n) is 1.87. The van der Waals surface area contributed by atoms with Crippen molar-refractivity contribution in [2.75, 3.05) is 0 Å². The zero-order valence-corrected chi connectivity index (χ0v) is 7.95. The van der Waals surface area contributed by atoms with E-state index in [1.54, 1.807) is 0 Å². The SMILES string of the molecule is C[C@H](N)c1n[nH]c(C2CCCC2)n1. The predicted molar refractivity (Wildman–Crippen MR) is 50.2 cm³/mol. The number of hydrogen-bond acceptors (Lipinski definition) is 3. The fourth-order valence-corrected chi connectivity index (χ4v) is 1.87. The van der Waals surface area contributed by atoms with Crippen LogP contribution in [0.15, 0.2) is 0 Å². The van der Waals surface area contributed by atoms with Crippen LogP contribution in [-0.4, -0.2) is 15.2 Å². The van der Waals surface area contributed by atoms with Gasteiger partial charge in [-0.3, -0.25) is 5.10 Å². The molecule has 0 saturated heterocycles. The van der Waals surface area contributed by atoms with E-state index in [4.69, 9.17) is 5.73 Å². The number of nitrogens with zero attached hydrogens (tertiary/aromatic N) is 2. The molecule has 1 aliphatic rings. The minimum absolute atomic E-state index is 0.0635. The molecule has 1 heterocycles. The maximum Gasteiger partial charge on any atom is 0.167 e. The van der Waals surface area contributed by atoms with Crippen LogP contribution in [0.5, 0.6) is 0 Å². The molecule has 0 aromatic carbocycles. The summed E-state index contributed by atoms with van der Waals surface area (Å²) in [4.78, 5) is 4.40. The minimum Gasteiger partial charge on any atom is -0.321 e. The molecule has 0 bridgehead atoms. The van der Waals surface area contributed by atoms with Crippen molar-refractivity contribution in [2.24, 2.45) is 5.73 Å². The van der Waals surface area contributed by atoms with Crippen molar-refractivity contribution in [3.63, 3.8) is 0 Å². The van der Waals surface area contributed by atoms with Gasteiger partial charge in [-0.05, 0) is 19.8 Å². The highest BCUT2D eigenvalue weighted by atomic mass is 15.2. The van der Waals surface area contributed by atoms with Crippen molar-refractivity contribution in [2.45, 2.75) is 44.6 Å². The standard InChI is InChI=1S/C9H16N4/c1-6(10)8-11-9(13-12-8)7-4-2-3-5-7/h6-7H,2-5,10H2,1H3,(H,11,12,13)/t6-/m0/s1. The van der Waals surface area contributed by atoms with Crippen LogP contribution in [0.25, 0.3) is 0 Å². The van der Waals surface area contributed by atoms with Crippen LogP contribution in [0, 0.1) is 0 Å². The molecule has 0 aliphatic heterocycles. The molecule has 1 fully saturated rings. The van der Waals surface area contributed by atoms with Crippen LogP contribution in [0.1, 0.15) is 56.2 Å². The molecule has 0 spiro atoms. The number of aromatic amines is 1. The maximum atomic E-state index is 5.68. The Bertz CT molecular complexity index is 273. The van der Waals surface area contributed by atoms with Gasteiger partial charge in [0, 0.05) is 5.92 Å². The molecular formula is C9H16N4. The van der Waals surface area contributed by atoms with E-state index in [1.165, 1.54) is 25.7 Å². The Hall–Kier alpha value is -0.900. The third-order valence-corrected chi connectivity index (χ3v) is 2.67. The van der Waals surface area contributed by atoms with Crippen molar-refractivity contribution in [1.82, 2.24) is 15.2 Å². The molecular weight excluding hydrogens is 164 g/mol. The van der Waals surface area contributed by atoms with Gasteiger partial charge in [0.25, 0.3) is 0 Å². The third-order valence-electron chi connectivity index (χ3n) is 2.67. The van der Waals surface area contributed by atoms with Crippen molar-refractivity contribution >= 4 is 0 Å². The minimum atomic E-state index is -0.0635. The van der Waals surface area contributed by atoms with E-state index in [0.717, 1.165) is 11.6 Å². The van der Waals surface area contributed by atoms with Crippen molar-refractivity contribution in [1.29, 1.82) is 0 Å². The highest BCUT2D eigenvalue weighted by Gasteiger charge is 2.20. The first kappa shape index (κ1) is 8.69. The van der Waals surface area contributed by atoms with E-state index in [9.17, 15) is 0 Å². The predicted octanol–water partition coefficient (Wildman–Crippen LogP) is 1.48. The van der Waals surface area contributed by atoms with Crippen molar-refractivity contribution in [3.8, 4) is 0 Å². The second kappa shape index (κ2) is 3.46. The number of rotatable bonds is 2. The van der Waals surface area contributed by atoms with Crippen LogP contribution < -0.4 is 5.73 Å². The second-order valence-electron chi connectivity index (χ2n) is 3.85. The van der Waals surface area contributed by atoms with Gasteiger partial charge in [-0.2, -0.15) is 5.10 Å². The van der Waals surface area contributed by atoms with E-state index in [-0.39, 0.29) is 6.04 Å². The fraction of sp³-hybridized carbons (Fsp3) is 0.778. The summed E-state index contributed by atoms with van der Waals surface area (Å²) in [6.07, 6.45) is 5.12. The first-order valence-electron chi connectivity index (χ1n) is 4.95. The lowest BCUT2D eigenvalue weighted by Gasteiger charge is -2.02. The van der Waals surface area contributed by atoms with Gasteiger partial charge in [-0.1, -0.05) is 12.8 Å². The molecule has 4 nitrogen and oxygen atoms in total. The van der Waals surface area contributed by atoms with Gasteiger partial charge in [0.15, 0.2) is 5.82 Å². The largest absolute Gasteiger partial charge is 0.321 e. The van der Waals surface area contributed by atoms with Gasteiger partial charge >= 0.3 is 0 Å². The Morgan fingerprint density at radius 1 is 1.46 bits per heavy atom. The number of aromatic nitrogens is 3. The lowest BCUT2D eigenvalue weighted by Crippen LogP contribution is -2.07. The Morgan fingerprint density at radius 2 is 2.15 bits per heavy atom. The van der Waals surface area contributed by atoms with Crippen molar-refractivity contribution < 1.29 is 0 Å². The molecule has 3 N–H and O–H groups in total. The molecule has 0 amide bonds. The Morgan fingerprint density at radius 3 is 2.69 bits per heavy atom. The van der Waals surface area contributed by atoms with Crippen LogP contribution >= 0.6 is 0 Å². The average Bonchev–Trinajstić information content (AvgIpc) is 2.75. The van der Waals surface area contributed by atoms with E-state index in [1.807, 2.05) is 6.92 Å². The number of nitrogens with two attached hydrogens (primary N) is 1. The summed E-state index contributed by atoms with van der Waals surface area (Å²) in [7, 11) is 0. The highest BCUT2D eigenvalue weighted by Crippen LogP contribution is 2.31. The van der Waals surface area contributed by atoms with Crippen LogP contribution in [0.3, 0.4) is 0 Å². The Kier molecular flexibility index (Phi) is 2.31. The van der Waals surface area contributed by atoms with E-state index in [0.29, 0.717) is 5.92 Å². The highest BCUT2D eigenvalue weighted by molar-refractivity contribution is 5.01. The topological polar surface area (TPSA) is 67.6 Å². The van der Waals surface area contributed by atoms with Gasteiger partial charge in [-0.25, -0.2) is 4.98 Å². The molecule has 0 radical (unpaired) electrons. The van der Waals surface area contributed by atoms with Crippen LogP contribution in [0.4, 0.5) is 0 Å². The van der Waals surface area contributed by atoms with E-state index in [2.05, 4.69) is 15.2 Å². The summed E-state index contributed by atoms with van der Waals surface area (Å²) in [6, 6.07) is -0.0635. The third kappa shape index (κ3) is 1.72. The molecule has 2 rings (SSSR count). The lowest BCUT2D eigenvalue weighted by molar-refractivity contribution is 0.669. The normalized spacial score (nSPS) is 20.8. The molecule has 72 valence electrons. The van der Waals surface area contributed by atoms with Gasteiger partial charge in [0.2, 0.25) is 0 Å². The van der Waals surface area contributed by atoms with E-state index >= 15 is 0 Å². The maximum absolute atomic E-state index is 5.68. The summed E-state index contributed by atoms with van der Waals surface area (Å²) < 4.78 is 0. The van der Waals surface area contributed by atoms with Gasteiger partial charge in [-0.15, -0.1) is 0 Å². The molecule has 4 heteroatoms. The first-order valence-corrected chi connectivity index (χ1v) is 4.95. The summed E-state index contributed by atoms with van der Waals surface area (Å²) in [5.41, 5.74) is 5.68. The Labute approximate surface area is 77.9 Å². The summed E-state index contributed by atoms with van der Waals surface area (Å²) in [6.45, 7) is 1.90. The van der Waals surface area contributed by atoms with Crippen LogP contribution in [0.2, 0.25) is 0 Å². The molecule has 0 unspecified atom stereocenters. The summed E-state index contributed by atoms with van der Waals surface area (Å²) in [5, 5.41) is 7.09. The van der Waals surface area contributed by atoms with Crippen LogP contribution in [-0.2, 0) is 0 Å². The first-order chi connectivity index (χ1) is 6.27. The lowest BCUT2D eigenvalue weighted by atomic mass is 10.1. The van der Waals surface area contributed by atoms with Crippen molar-refractivity contribution in [3.05, 3.63) is 11.6 Å².